The first-order valence-electron chi connectivity index (χ1n) is 11.2. The molecule has 3 aromatic carbocycles. The van der Waals surface area contributed by atoms with E-state index >= 15 is 0 Å². The number of aliphatic imine (C=N–C) groups is 1. The van der Waals surface area contributed by atoms with E-state index in [1.54, 1.807) is 23.1 Å². The van der Waals surface area contributed by atoms with E-state index in [1.807, 2.05) is 17.0 Å². The Morgan fingerprint density at radius 2 is 1.71 bits per heavy atom. The lowest BCUT2D eigenvalue weighted by molar-refractivity contribution is -0.137. The molecule has 0 aromatic heterocycles. The Bertz CT molecular complexity index is 1310. The number of alkyl halides is 3. The number of rotatable bonds is 1. The third kappa shape index (κ3) is 4.71. The number of halogens is 4. The van der Waals surface area contributed by atoms with Gasteiger partial charge in [-0.15, -0.1) is 0 Å². The number of amides is 1. The summed E-state index contributed by atoms with van der Waals surface area (Å²) in [5.74, 6) is 0.285. The minimum absolute atomic E-state index is 0.0278. The van der Waals surface area contributed by atoms with Gasteiger partial charge < -0.3 is 14.5 Å². The molecule has 0 spiro atoms. The summed E-state index contributed by atoms with van der Waals surface area (Å²) in [5, 5.41) is 0. The second kappa shape index (κ2) is 9.05. The van der Waals surface area contributed by atoms with Crippen LogP contribution in [0.5, 0.6) is 11.5 Å². The number of hydrogen-bond acceptors (Lipinski definition) is 4. The lowest BCUT2D eigenvalue weighted by Crippen LogP contribution is -2.37. The van der Waals surface area contributed by atoms with E-state index in [-0.39, 0.29) is 11.7 Å². The molecular formula is C26H21F4N3O2. The van der Waals surface area contributed by atoms with Crippen LogP contribution in [0.1, 0.15) is 27.9 Å². The zero-order chi connectivity index (χ0) is 24.6. The molecule has 1 saturated heterocycles. The van der Waals surface area contributed by atoms with E-state index in [0.29, 0.717) is 61.0 Å². The van der Waals surface area contributed by atoms with Crippen molar-refractivity contribution in [1.82, 2.24) is 9.80 Å². The zero-order valence-corrected chi connectivity index (χ0v) is 18.6. The van der Waals surface area contributed by atoms with E-state index in [0.717, 1.165) is 12.1 Å². The van der Waals surface area contributed by atoms with Gasteiger partial charge in [0, 0.05) is 31.7 Å². The first-order valence-corrected chi connectivity index (χ1v) is 11.2. The molecule has 2 aliphatic rings. The minimum Gasteiger partial charge on any atom is -0.454 e. The van der Waals surface area contributed by atoms with Gasteiger partial charge in [0.1, 0.15) is 23.1 Å². The molecule has 5 rings (SSSR count). The van der Waals surface area contributed by atoms with Gasteiger partial charge >= 0.3 is 6.18 Å². The van der Waals surface area contributed by atoms with E-state index in [4.69, 9.17) is 9.73 Å². The molecular weight excluding hydrogens is 462 g/mol. The van der Waals surface area contributed by atoms with Crippen LogP contribution in [0, 0.1) is 5.82 Å². The highest BCUT2D eigenvalue weighted by Crippen LogP contribution is 2.41. The quantitative estimate of drug-likeness (QED) is 0.407. The number of para-hydroxylation sites is 1. The Labute approximate surface area is 199 Å². The predicted molar refractivity (Wildman–Crippen MR) is 123 cm³/mol. The van der Waals surface area contributed by atoms with Gasteiger partial charge in [0.2, 0.25) is 0 Å². The lowest BCUT2D eigenvalue weighted by Gasteiger charge is -2.25. The predicted octanol–water partition coefficient (Wildman–Crippen LogP) is 5.88. The molecule has 2 aliphatic heterocycles. The van der Waals surface area contributed by atoms with Crippen LogP contribution >= 0.6 is 0 Å². The van der Waals surface area contributed by atoms with E-state index < -0.39 is 17.6 Å². The van der Waals surface area contributed by atoms with E-state index in [1.165, 1.54) is 24.3 Å². The van der Waals surface area contributed by atoms with Crippen molar-refractivity contribution >= 4 is 17.4 Å². The summed E-state index contributed by atoms with van der Waals surface area (Å²) in [5.41, 5.74) is 0.426. The third-order valence-electron chi connectivity index (χ3n) is 6.02. The van der Waals surface area contributed by atoms with Gasteiger partial charge in [-0.1, -0.05) is 18.2 Å². The zero-order valence-electron chi connectivity index (χ0n) is 18.6. The van der Waals surface area contributed by atoms with Crippen molar-refractivity contribution in [1.29, 1.82) is 0 Å². The van der Waals surface area contributed by atoms with Crippen LogP contribution in [0.2, 0.25) is 0 Å². The maximum Gasteiger partial charge on any atom is 0.416 e. The van der Waals surface area contributed by atoms with Crippen molar-refractivity contribution in [2.75, 3.05) is 26.2 Å². The Morgan fingerprint density at radius 3 is 2.51 bits per heavy atom. The number of fused-ring (bicyclic) bond motifs is 2. The summed E-state index contributed by atoms with van der Waals surface area (Å²) in [6, 6.07) is 15.9. The topological polar surface area (TPSA) is 45.1 Å². The molecule has 0 saturated carbocycles. The van der Waals surface area contributed by atoms with Gasteiger partial charge in [-0.25, -0.2) is 9.38 Å². The molecule has 0 N–H and O–H groups in total. The Balaban J connectivity index is 1.45. The highest BCUT2D eigenvalue weighted by Gasteiger charge is 2.33. The number of carbonyl (C=O) groups excluding carboxylic acids is 1. The molecule has 9 heteroatoms. The van der Waals surface area contributed by atoms with Crippen molar-refractivity contribution in [3.63, 3.8) is 0 Å². The molecule has 5 nitrogen and oxygen atoms in total. The summed E-state index contributed by atoms with van der Waals surface area (Å²) < 4.78 is 59.3. The first kappa shape index (κ1) is 22.9. The van der Waals surface area contributed by atoms with Gasteiger partial charge in [0.15, 0.2) is 5.75 Å². The second-order valence-electron chi connectivity index (χ2n) is 8.36. The van der Waals surface area contributed by atoms with Crippen molar-refractivity contribution in [3.8, 4) is 11.5 Å². The second-order valence-corrected chi connectivity index (χ2v) is 8.36. The third-order valence-corrected chi connectivity index (χ3v) is 6.02. The summed E-state index contributed by atoms with van der Waals surface area (Å²) in [4.78, 5) is 21.3. The van der Waals surface area contributed by atoms with Gasteiger partial charge in [-0.3, -0.25) is 4.79 Å². The fourth-order valence-corrected chi connectivity index (χ4v) is 4.28. The molecule has 2 heterocycles. The highest BCUT2D eigenvalue weighted by molar-refractivity contribution is 6.04. The summed E-state index contributed by atoms with van der Waals surface area (Å²) in [6.45, 7) is 1.90. The van der Waals surface area contributed by atoms with Crippen LogP contribution in [0.4, 0.5) is 23.2 Å². The lowest BCUT2D eigenvalue weighted by atomic mass is 10.1. The van der Waals surface area contributed by atoms with Crippen molar-refractivity contribution in [2.45, 2.75) is 12.6 Å². The number of hydrogen-bond donors (Lipinski definition) is 0. The summed E-state index contributed by atoms with van der Waals surface area (Å²) >= 11 is 0. The molecule has 180 valence electrons. The minimum atomic E-state index is -4.50. The molecule has 0 atom stereocenters. The Hall–Kier alpha value is -3.88. The van der Waals surface area contributed by atoms with Crippen LogP contribution in [0.15, 0.2) is 71.7 Å². The summed E-state index contributed by atoms with van der Waals surface area (Å²) in [6.07, 6.45) is -3.86. The standard InChI is InChI=1S/C26H21F4N3O2/c27-19-6-3-5-17(15-19)25(34)33-12-4-11-32(13-14-33)24-20-7-1-2-8-22(20)35-23-16-18(26(28,29)30)9-10-21(23)31-24/h1-3,5-10,15-16H,4,11-14H2. The van der Waals surface area contributed by atoms with E-state index in [2.05, 4.69) is 0 Å². The van der Waals surface area contributed by atoms with Gasteiger partial charge in [0.05, 0.1) is 11.1 Å². The van der Waals surface area contributed by atoms with Crippen LogP contribution < -0.4 is 4.74 Å². The number of nitrogens with zero attached hydrogens (tertiary/aromatic N) is 3. The molecule has 0 aliphatic carbocycles. The van der Waals surface area contributed by atoms with Crippen molar-refractivity contribution in [2.24, 2.45) is 4.99 Å². The van der Waals surface area contributed by atoms with E-state index in [9.17, 15) is 22.4 Å². The normalized spacial score (nSPS) is 15.8. The molecule has 1 fully saturated rings. The highest BCUT2D eigenvalue weighted by atomic mass is 19.4. The smallest absolute Gasteiger partial charge is 0.416 e. The van der Waals surface area contributed by atoms with Gasteiger partial charge in [-0.05, 0) is 55.0 Å². The maximum atomic E-state index is 13.6. The van der Waals surface area contributed by atoms with Crippen molar-refractivity contribution < 1.29 is 27.1 Å². The number of carbonyl (C=O) groups is 1. The number of benzene rings is 3. The molecule has 35 heavy (non-hydrogen) atoms. The largest absolute Gasteiger partial charge is 0.454 e. The SMILES string of the molecule is O=C(c1cccc(F)c1)N1CCCN(C2=Nc3ccc(C(F)(F)F)cc3Oc3ccccc32)CC1. The van der Waals surface area contributed by atoms with Crippen molar-refractivity contribution in [3.05, 3.63) is 89.2 Å². The average Bonchev–Trinajstić information content (AvgIpc) is 3.17. The number of amidine groups is 1. The molecule has 3 aromatic rings. The van der Waals surface area contributed by atoms with Crippen LogP contribution in [-0.4, -0.2) is 47.7 Å². The molecule has 1 amide bonds. The van der Waals surface area contributed by atoms with Crippen LogP contribution in [0.25, 0.3) is 0 Å². The first-order chi connectivity index (χ1) is 16.8. The van der Waals surface area contributed by atoms with Crippen LogP contribution in [0.3, 0.4) is 0 Å². The Kier molecular flexibility index (Phi) is 5.92. The molecule has 0 radical (unpaired) electrons. The monoisotopic (exact) mass is 483 g/mol. The van der Waals surface area contributed by atoms with Gasteiger partial charge in [-0.2, -0.15) is 13.2 Å². The molecule has 0 unspecified atom stereocenters. The maximum absolute atomic E-state index is 13.6. The fourth-order valence-electron chi connectivity index (χ4n) is 4.28. The van der Waals surface area contributed by atoms with Crippen LogP contribution in [-0.2, 0) is 6.18 Å². The summed E-state index contributed by atoms with van der Waals surface area (Å²) in [7, 11) is 0. The number of ether oxygens (including phenoxy) is 1. The fraction of sp³-hybridized carbons (Fsp3) is 0.231. The molecule has 0 bridgehead atoms. The average molecular weight is 483 g/mol. The van der Waals surface area contributed by atoms with Gasteiger partial charge in [0.25, 0.3) is 5.91 Å². The Morgan fingerprint density at radius 1 is 0.886 bits per heavy atom.